The maximum atomic E-state index is 14.2. The largest absolute Gasteiger partial charge is 0.441 e. The number of rotatable bonds is 5. The lowest BCUT2D eigenvalue weighted by molar-refractivity contribution is -0.0580. The molecule has 2 aliphatic rings. The van der Waals surface area contributed by atoms with Crippen LogP contribution in [-0.2, 0) is 4.74 Å². The number of fused-ring (bicyclic) bond motifs is 1. The van der Waals surface area contributed by atoms with Gasteiger partial charge in [-0.3, -0.25) is 5.73 Å². The molecule has 1 aliphatic heterocycles. The maximum Gasteiger partial charge on any atom is 0.339 e. The number of esters is 1. The van der Waals surface area contributed by atoms with Crippen LogP contribution in [0.25, 0.3) is 33.3 Å². The van der Waals surface area contributed by atoms with E-state index in [1.807, 2.05) is 48.5 Å². The molecule has 3 heterocycles. The van der Waals surface area contributed by atoms with Gasteiger partial charge in [-0.2, -0.15) is 0 Å². The number of ether oxygens (including phenoxy) is 1. The fraction of sp³-hybridized carbons (Fsp3) is 0.300. The van der Waals surface area contributed by atoms with Gasteiger partial charge < -0.3 is 9.64 Å². The molecule has 6 nitrogen and oxygen atoms in total. The molecule has 0 amide bonds. The molecule has 0 radical (unpaired) electrons. The number of nitrogens with zero attached hydrogens (tertiary/aromatic N) is 3. The lowest BCUT2D eigenvalue weighted by Crippen LogP contribution is -2.50. The summed E-state index contributed by atoms with van der Waals surface area (Å²) in [4.78, 5) is 23.8. The Labute approximate surface area is 219 Å². The molecule has 4 aromatic rings. The minimum Gasteiger partial charge on any atom is -0.441 e. The van der Waals surface area contributed by atoms with Crippen molar-refractivity contribution in [3.63, 3.8) is 0 Å². The van der Waals surface area contributed by atoms with Crippen LogP contribution in [0, 0.1) is 0 Å². The fourth-order valence-electron chi connectivity index (χ4n) is 5.17. The minimum atomic E-state index is -2.75. The van der Waals surface area contributed by atoms with E-state index in [1.165, 1.54) is 0 Å². The van der Waals surface area contributed by atoms with Crippen molar-refractivity contribution < 1.29 is 18.3 Å². The summed E-state index contributed by atoms with van der Waals surface area (Å²) in [6, 6.07) is 20.7. The van der Waals surface area contributed by atoms with Crippen molar-refractivity contribution in [3.8, 4) is 22.4 Å². The molecule has 1 saturated carbocycles. The molecule has 6 rings (SSSR count). The predicted octanol–water partition coefficient (Wildman–Crippen LogP) is 6.20. The van der Waals surface area contributed by atoms with Crippen molar-refractivity contribution in [3.05, 3.63) is 78.5 Å². The highest BCUT2D eigenvalue weighted by Gasteiger charge is 2.37. The molecule has 38 heavy (non-hydrogen) atoms. The highest BCUT2D eigenvalue weighted by molar-refractivity contribution is 5.97. The van der Waals surface area contributed by atoms with E-state index >= 15 is 0 Å². The van der Waals surface area contributed by atoms with E-state index < -0.39 is 17.6 Å². The first-order chi connectivity index (χ1) is 18.3. The van der Waals surface area contributed by atoms with Crippen molar-refractivity contribution in [2.75, 3.05) is 18.0 Å². The first kappa shape index (κ1) is 24.4. The molecule has 2 fully saturated rings. The van der Waals surface area contributed by atoms with Gasteiger partial charge in [-0.1, -0.05) is 42.5 Å². The molecule has 0 atom stereocenters. The molecule has 194 valence electrons. The van der Waals surface area contributed by atoms with Crippen LogP contribution in [0.2, 0.25) is 0 Å². The van der Waals surface area contributed by atoms with Gasteiger partial charge in [0.05, 0.1) is 23.3 Å². The number of hydrogen-bond donors (Lipinski definition) is 1. The highest BCUT2D eigenvalue weighted by Crippen LogP contribution is 2.38. The second kappa shape index (κ2) is 9.44. The predicted molar refractivity (Wildman–Crippen MR) is 143 cm³/mol. The highest BCUT2D eigenvalue weighted by atomic mass is 19.3. The van der Waals surface area contributed by atoms with Gasteiger partial charge in [-0.05, 0) is 42.7 Å². The van der Waals surface area contributed by atoms with Gasteiger partial charge in [-0.25, -0.2) is 23.5 Å². The monoisotopic (exact) mass is 514 g/mol. The van der Waals surface area contributed by atoms with E-state index in [4.69, 9.17) is 15.5 Å². The maximum absolute atomic E-state index is 14.2. The summed E-state index contributed by atoms with van der Waals surface area (Å²) in [6.07, 6.45) is 4.21. The zero-order chi connectivity index (χ0) is 26.3. The minimum absolute atomic E-state index is 0.109. The summed E-state index contributed by atoms with van der Waals surface area (Å²) < 4.78 is 34.0. The number of aromatic nitrogens is 2. The standard InChI is InChI=1S/C30H28F2N4O2/c31-29(32)13-5-17-36(19-29)27-24-18-23(20-6-2-1-3-7-20)26(35-25(24)12-16-34-27)21-8-10-22(11-9-21)28(37)38-30(33)14-4-15-30/h1-3,6-12,16,18H,4-5,13-15,17,19,33H2. The third kappa shape index (κ3) is 4.72. The molecular formula is C30H28F2N4O2. The van der Waals surface area contributed by atoms with E-state index in [-0.39, 0.29) is 13.0 Å². The average molecular weight is 515 g/mol. The second-order valence-corrected chi connectivity index (χ2v) is 10.2. The van der Waals surface area contributed by atoms with E-state index in [9.17, 15) is 13.6 Å². The summed E-state index contributed by atoms with van der Waals surface area (Å²) in [7, 11) is 0. The van der Waals surface area contributed by atoms with E-state index in [1.54, 1.807) is 29.3 Å². The quantitative estimate of drug-likeness (QED) is 0.252. The van der Waals surface area contributed by atoms with Crippen LogP contribution >= 0.6 is 0 Å². The number of anilines is 1. The summed E-state index contributed by atoms with van der Waals surface area (Å²) in [5.41, 5.74) is 9.63. The van der Waals surface area contributed by atoms with Gasteiger partial charge in [0.15, 0.2) is 5.72 Å². The molecule has 2 N–H and O–H groups in total. The summed E-state index contributed by atoms with van der Waals surface area (Å²) in [5.74, 6) is -2.67. The number of pyridine rings is 2. The summed E-state index contributed by atoms with van der Waals surface area (Å²) in [6.45, 7) is 0.162. The Morgan fingerprint density at radius 2 is 1.71 bits per heavy atom. The third-order valence-electron chi connectivity index (χ3n) is 7.39. The summed E-state index contributed by atoms with van der Waals surface area (Å²) in [5, 5.41) is 0.724. The van der Waals surface area contributed by atoms with Gasteiger partial charge in [0, 0.05) is 48.5 Å². The van der Waals surface area contributed by atoms with Crippen LogP contribution in [0.15, 0.2) is 72.9 Å². The number of alkyl halides is 2. The Kier molecular flexibility index (Phi) is 6.07. The van der Waals surface area contributed by atoms with Crippen LogP contribution in [-0.4, -0.2) is 40.7 Å². The van der Waals surface area contributed by atoms with Crippen LogP contribution in [0.5, 0.6) is 0 Å². The number of halogens is 2. The Balaban J connectivity index is 1.42. The Bertz CT molecular complexity index is 1490. The van der Waals surface area contributed by atoms with Crippen molar-refractivity contribution >= 4 is 22.7 Å². The third-order valence-corrected chi connectivity index (χ3v) is 7.39. The molecule has 1 aliphatic carbocycles. The van der Waals surface area contributed by atoms with Crippen LogP contribution < -0.4 is 10.6 Å². The SMILES string of the molecule is NC1(OC(=O)c2ccc(-c3nc4ccnc(N5CCCC(F)(F)C5)c4cc3-c3ccccc3)cc2)CCC1. The van der Waals surface area contributed by atoms with Crippen molar-refractivity contribution in [1.29, 1.82) is 0 Å². The molecule has 1 saturated heterocycles. The van der Waals surface area contributed by atoms with Gasteiger partial charge >= 0.3 is 5.97 Å². The summed E-state index contributed by atoms with van der Waals surface area (Å²) >= 11 is 0. The number of hydrogen-bond acceptors (Lipinski definition) is 6. The number of carbonyl (C=O) groups is 1. The first-order valence-electron chi connectivity index (χ1n) is 12.9. The first-order valence-corrected chi connectivity index (χ1v) is 12.9. The number of nitrogens with two attached hydrogens (primary N) is 1. The Hall–Kier alpha value is -3.91. The van der Waals surface area contributed by atoms with Gasteiger partial charge in [0.25, 0.3) is 5.92 Å². The molecule has 0 unspecified atom stereocenters. The average Bonchev–Trinajstić information content (AvgIpc) is 2.91. The molecular weight excluding hydrogens is 486 g/mol. The van der Waals surface area contributed by atoms with Crippen molar-refractivity contribution in [2.24, 2.45) is 5.73 Å². The number of benzene rings is 2. The van der Waals surface area contributed by atoms with Gasteiger partial charge in [-0.15, -0.1) is 0 Å². The van der Waals surface area contributed by atoms with E-state index in [0.717, 1.165) is 34.2 Å². The number of carbonyl (C=O) groups excluding carboxylic acids is 1. The fourth-order valence-corrected chi connectivity index (χ4v) is 5.17. The normalized spacial score (nSPS) is 18.1. The molecule has 0 spiro atoms. The molecule has 2 aromatic heterocycles. The lowest BCUT2D eigenvalue weighted by Gasteiger charge is -2.36. The van der Waals surface area contributed by atoms with Gasteiger partial charge in [0.2, 0.25) is 0 Å². The van der Waals surface area contributed by atoms with Crippen LogP contribution in [0.3, 0.4) is 0 Å². The number of piperidine rings is 1. The van der Waals surface area contributed by atoms with Gasteiger partial charge in [0.1, 0.15) is 5.82 Å². The van der Waals surface area contributed by atoms with E-state index in [0.29, 0.717) is 42.7 Å². The smallest absolute Gasteiger partial charge is 0.339 e. The zero-order valence-electron chi connectivity index (χ0n) is 20.9. The Morgan fingerprint density at radius 1 is 0.947 bits per heavy atom. The lowest BCUT2D eigenvalue weighted by atomic mass is 9.89. The molecule has 2 aromatic carbocycles. The van der Waals surface area contributed by atoms with Crippen molar-refractivity contribution in [2.45, 2.75) is 43.8 Å². The second-order valence-electron chi connectivity index (χ2n) is 10.2. The topological polar surface area (TPSA) is 81.3 Å². The van der Waals surface area contributed by atoms with Crippen molar-refractivity contribution in [1.82, 2.24) is 9.97 Å². The van der Waals surface area contributed by atoms with Crippen LogP contribution in [0.4, 0.5) is 14.6 Å². The zero-order valence-corrected chi connectivity index (χ0v) is 20.9. The van der Waals surface area contributed by atoms with Crippen LogP contribution in [0.1, 0.15) is 42.5 Å². The van der Waals surface area contributed by atoms with E-state index in [2.05, 4.69) is 4.98 Å². The Morgan fingerprint density at radius 3 is 2.39 bits per heavy atom. The molecule has 0 bridgehead atoms. The molecule has 8 heteroatoms.